The van der Waals surface area contributed by atoms with Gasteiger partial charge in [-0.1, -0.05) is 6.08 Å². The van der Waals surface area contributed by atoms with Gasteiger partial charge in [-0.05, 0) is 13.2 Å². The summed E-state index contributed by atoms with van der Waals surface area (Å²) in [5, 5.41) is 10.6. The van der Waals surface area contributed by atoms with Crippen LogP contribution in [0.5, 0.6) is 0 Å². The second-order valence-corrected chi connectivity index (χ2v) is 3.65. The normalized spacial score (nSPS) is 22.0. The average molecular weight is 212 g/mol. The van der Waals surface area contributed by atoms with Gasteiger partial charge >= 0.3 is 0 Å². The topological polar surface area (TPSA) is 55.5 Å². The summed E-state index contributed by atoms with van der Waals surface area (Å²) in [6.07, 6.45) is 7.55. The van der Waals surface area contributed by atoms with E-state index < -0.39 is 6.04 Å². The molecule has 0 N–H and O–H groups in total. The molecule has 1 rings (SSSR count). The standard InChI is InChI=1S/C9H12N2O2S/c1-3-10-8-6-7(11(12)13)4-5-9(8)14-2/h3,5-7H,4H2,1-2H3. The molecule has 5 heteroatoms. The van der Waals surface area contributed by atoms with Crippen molar-refractivity contribution in [2.75, 3.05) is 6.26 Å². The first-order chi connectivity index (χ1) is 6.69. The lowest BCUT2D eigenvalue weighted by molar-refractivity contribution is -0.508. The first kappa shape index (κ1) is 11.0. The van der Waals surface area contributed by atoms with Crippen molar-refractivity contribution in [2.24, 2.45) is 4.99 Å². The van der Waals surface area contributed by atoms with Crippen LogP contribution in [0.3, 0.4) is 0 Å². The second-order valence-electron chi connectivity index (χ2n) is 2.80. The smallest absolute Gasteiger partial charge is 0.237 e. The molecule has 0 heterocycles. The van der Waals surface area contributed by atoms with Crippen molar-refractivity contribution in [3.63, 3.8) is 0 Å². The summed E-state index contributed by atoms with van der Waals surface area (Å²) in [6, 6.07) is -0.621. The third kappa shape index (κ3) is 2.45. The van der Waals surface area contributed by atoms with E-state index >= 15 is 0 Å². The molecule has 14 heavy (non-hydrogen) atoms. The van der Waals surface area contributed by atoms with Gasteiger partial charge in [-0.25, -0.2) is 0 Å². The van der Waals surface area contributed by atoms with Crippen molar-refractivity contribution in [3.05, 3.63) is 32.9 Å². The number of hydrogen-bond acceptors (Lipinski definition) is 4. The second kappa shape index (κ2) is 4.95. The first-order valence-corrected chi connectivity index (χ1v) is 5.50. The van der Waals surface area contributed by atoms with Crippen LogP contribution in [0.15, 0.2) is 27.7 Å². The zero-order valence-electron chi connectivity index (χ0n) is 8.14. The molecule has 0 aromatic heterocycles. The number of aliphatic imine (C=N–C) groups is 1. The molecule has 0 saturated carbocycles. The Kier molecular flexibility index (Phi) is 3.88. The lowest BCUT2D eigenvalue weighted by atomic mass is 10.1. The summed E-state index contributed by atoms with van der Waals surface area (Å²) in [5.74, 6) is 0. The summed E-state index contributed by atoms with van der Waals surface area (Å²) in [4.78, 5) is 15.4. The highest BCUT2D eigenvalue weighted by molar-refractivity contribution is 8.02. The molecule has 4 nitrogen and oxygen atoms in total. The Morgan fingerprint density at radius 1 is 1.79 bits per heavy atom. The molecule has 0 fully saturated rings. The van der Waals surface area contributed by atoms with Crippen LogP contribution >= 0.6 is 11.8 Å². The summed E-state index contributed by atoms with van der Waals surface area (Å²) in [6.45, 7) is 1.80. The molecule has 1 aliphatic carbocycles. The zero-order chi connectivity index (χ0) is 10.6. The van der Waals surface area contributed by atoms with E-state index in [1.54, 1.807) is 31.0 Å². The summed E-state index contributed by atoms with van der Waals surface area (Å²) < 4.78 is 0. The van der Waals surface area contributed by atoms with Crippen molar-refractivity contribution in [1.29, 1.82) is 0 Å². The SMILES string of the molecule is CC=NC1=CC([N+](=O)[O-])CC=C1SC. The Labute approximate surface area is 86.9 Å². The minimum atomic E-state index is -0.621. The highest BCUT2D eigenvalue weighted by atomic mass is 32.2. The maximum Gasteiger partial charge on any atom is 0.237 e. The lowest BCUT2D eigenvalue weighted by Gasteiger charge is -2.12. The average Bonchev–Trinajstić information content (AvgIpc) is 2.18. The highest BCUT2D eigenvalue weighted by Gasteiger charge is 2.22. The van der Waals surface area contributed by atoms with Crippen LogP contribution in [-0.4, -0.2) is 23.4 Å². The van der Waals surface area contributed by atoms with Crippen molar-refractivity contribution in [3.8, 4) is 0 Å². The first-order valence-electron chi connectivity index (χ1n) is 4.27. The van der Waals surface area contributed by atoms with E-state index in [4.69, 9.17) is 0 Å². The number of nitro groups is 1. The predicted octanol–water partition coefficient (Wildman–Crippen LogP) is 2.26. The third-order valence-corrected chi connectivity index (χ3v) is 2.72. The third-order valence-electron chi connectivity index (χ3n) is 1.91. The molecular formula is C9H12N2O2S. The Hall–Kier alpha value is -1.10. The molecule has 0 amide bonds. The molecule has 1 aliphatic rings. The number of thioether (sulfide) groups is 1. The molecule has 1 unspecified atom stereocenters. The van der Waals surface area contributed by atoms with E-state index in [1.807, 2.05) is 12.3 Å². The van der Waals surface area contributed by atoms with Crippen molar-refractivity contribution >= 4 is 18.0 Å². The molecule has 0 aromatic rings. The van der Waals surface area contributed by atoms with Gasteiger partial charge in [-0.15, -0.1) is 11.8 Å². The largest absolute Gasteiger partial charge is 0.264 e. The molecule has 0 saturated heterocycles. The van der Waals surface area contributed by atoms with E-state index in [9.17, 15) is 10.1 Å². The maximum atomic E-state index is 10.6. The highest BCUT2D eigenvalue weighted by Crippen LogP contribution is 2.28. The molecule has 0 bridgehead atoms. The Morgan fingerprint density at radius 3 is 3.00 bits per heavy atom. The van der Waals surface area contributed by atoms with Gasteiger partial charge in [-0.2, -0.15) is 0 Å². The van der Waals surface area contributed by atoms with Crippen LogP contribution in [0.4, 0.5) is 0 Å². The van der Waals surface area contributed by atoms with Crippen LogP contribution in [-0.2, 0) is 0 Å². The van der Waals surface area contributed by atoms with Crippen LogP contribution < -0.4 is 0 Å². The van der Waals surface area contributed by atoms with Crippen LogP contribution in [0.25, 0.3) is 0 Å². The van der Waals surface area contributed by atoms with Crippen LogP contribution in [0.1, 0.15) is 13.3 Å². The fraction of sp³-hybridized carbons (Fsp3) is 0.444. The van der Waals surface area contributed by atoms with E-state index in [-0.39, 0.29) is 4.92 Å². The fourth-order valence-electron chi connectivity index (χ4n) is 1.25. The van der Waals surface area contributed by atoms with Crippen LogP contribution in [0.2, 0.25) is 0 Å². The fourth-order valence-corrected chi connectivity index (χ4v) is 1.84. The number of rotatable bonds is 3. The monoisotopic (exact) mass is 212 g/mol. The van der Waals surface area contributed by atoms with Gasteiger partial charge < -0.3 is 0 Å². The summed E-state index contributed by atoms with van der Waals surface area (Å²) >= 11 is 1.56. The Bertz CT molecular complexity index is 321. The minimum Gasteiger partial charge on any atom is -0.264 e. The van der Waals surface area contributed by atoms with Gasteiger partial charge in [0.1, 0.15) is 0 Å². The Balaban J connectivity index is 2.90. The molecule has 0 aromatic carbocycles. The van der Waals surface area contributed by atoms with E-state index in [2.05, 4.69) is 4.99 Å². The predicted molar refractivity (Wildman–Crippen MR) is 59.2 cm³/mol. The molecule has 0 aliphatic heterocycles. The van der Waals surface area contributed by atoms with Gasteiger partial charge in [0.15, 0.2) is 0 Å². The van der Waals surface area contributed by atoms with E-state index in [0.717, 1.165) is 4.91 Å². The van der Waals surface area contributed by atoms with Gasteiger partial charge in [0.05, 0.1) is 5.70 Å². The van der Waals surface area contributed by atoms with Crippen LogP contribution in [0, 0.1) is 10.1 Å². The lowest BCUT2D eigenvalue weighted by Crippen LogP contribution is -2.18. The van der Waals surface area contributed by atoms with Crippen molar-refractivity contribution < 1.29 is 4.92 Å². The van der Waals surface area contributed by atoms with Crippen molar-refractivity contribution in [2.45, 2.75) is 19.4 Å². The number of nitrogens with zero attached hydrogens (tertiary/aromatic N) is 2. The quantitative estimate of drug-likeness (QED) is 0.409. The Morgan fingerprint density at radius 2 is 2.50 bits per heavy atom. The summed E-state index contributed by atoms with van der Waals surface area (Å²) in [7, 11) is 0. The molecule has 0 spiro atoms. The zero-order valence-corrected chi connectivity index (χ0v) is 8.95. The van der Waals surface area contributed by atoms with E-state index in [1.165, 1.54) is 0 Å². The van der Waals surface area contributed by atoms with E-state index in [0.29, 0.717) is 12.1 Å². The van der Waals surface area contributed by atoms with Gasteiger partial charge in [0.25, 0.3) is 0 Å². The van der Waals surface area contributed by atoms with Gasteiger partial charge in [0, 0.05) is 28.5 Å². The maximum absolute atomic E-state index is 10.6. The van der Waals surface area contributed by atoms with Crippen molar-refractivity contribution in [1.82, 2.24) is 0 Å². The molecular weight excluding hydrogens is 200 g/mol. The molecule has 76 valence electrons. The van der Waals surface area contributed by atoms with Gasteiger partial charge in [-0.3, -0.25) is 15.1 Å². The number of hydrogen-bond donors (Lipinski definition) is 0. The minimum absolute atomic E-state index is 0.279. The molecule has 1 atom stereocenters. The van der Waals surface area contributed by atoms with Gasteiger partial charge in [0.2, 0.25) is 6.04 Å². The molecule has 0 radical (unpaired) electrons. The summed E-state index contributed by atoms with van der Waals surface area (Å²) in [5.41, 5.74) is 0.716.